The van der Waals surface area contributed by atoms with Crippen molar-refractivity contribution in [3.63, 3.8) is 0 Å². The predicted molar refractivity (Wildman–Crippen MR) is 85.2 cm³/mol. The van der Waals surface area contributed by atoms with Crippen molar-refractivity contribution in [2.45, 2.75) is 13.8 Å². The SMILES string of the molecule is Cc1cccc(N2CCN(c3cc(=O)[nH]cn3)CC2)c1C. The number of nitrogens with zero attached hydrogens (tertiary/aromatic N) is 3. The summed E-state index contributed by atoms with van der Waals surface area (Å²) in [6.45, 7) is 7.97. The summed E-state index contributed by atoms with van der Waals surface area (Å²) in [6.07, 6.45) is 1.47. The highest BCUT2D eigenvalue weighted by Crippen LogP contribution is 2.24. The van der Waals surface area contributed by atoms with Crippen LogP contribution in [0.5, 0.6) is 0 Å². The minimum absolute atomic E-state index is 0.100. The summed E-state index contributed by atoms with van der Waals surface area (Å²) in [5, 5.41) is 0. The van der Waals surface area contributed by atoms with E-state index in [0.717, 1.165) is 32.0 Å². The number of aromatic amines is 1. The molecule has 3 rings (SSSR count). The number of aromatic nitrogens is 2. The Labute approximate surface area is 124 Å². The smallest absolute Gasteiger partial charge is 0.252 e. The molecule has 110 valence electrons. The highest BCUT2D eigenvalue weighted by atomic mass is 16.1. The third-order valence-electron chi connectivity index (χ3n) is 4.18. The maximum Gasteiger partial charge on any atom is 0.252 e. The molecule has 0 atom stereocenters. The Morgan fingerprint density at radius 2 is 1.81 bits per heavy atom. The summed E-state index contributed by atoms with van der Waals surface area (Å²) in [5.74, 6) is 0.763. The number of hydrogen-bond acceptors (Lipinski definition) is 4. The maximum atomic E-state index is 11.4. The molecule has 0 aliphatic carbocycles. The molecule has 21 heavy (non-hydrogen) atoms. The first-order valence-corrected chi connectivity index (χ1v) is 7.26. The molecule has 1 saturated heterocycles. The molecule has 2 heterocycles. The van der Waals surface area contributed by atoms with Crippen LogP contribution in [0, 0.1) is 13.8 Å². The summed E-state index contributed by atoms with van der Waals surface area (Å²) in [5.41, 5.74) is 3.89. The van der Waals surface area contributed by atoms with Gasteiger partial charge in [-0.25, -0.2) is 4.98 Å². The van der Waals surface area contributed by atoms with Gasteiger partial charge in [0.05, 0.1) is 6.33 Å². The third kappa shape index (κ3) is 2.77. The molecule has 0 spiro atoms. The minimum atomic E-state index is -0.100. The molecule has 1 aromatic heterocycles. The van der Waals surface area contributed by atoms with Gasteiger partial charge in [0.1, 0.15) is 5.82 Å². The first kappa shape index (κ1) is 13.7. The van der Waals surface area contributed by atoms with Crippen LogP contribution in [0.4, 0.5) is 11.5 Å². The maximum absolute atomic E-state index is 11.4. The van der Waals surface area contributed by atoms with Crippen LogP contribution in [0.1, 0.15) is 11.1 Å². The van der Waals surface area contributed by atoms with Crippen molar-refractivity contribution in [3.05, 3.63) is 52.1 Å². The lowest BCUT2D eigenvalue weighted by Crippen LogP contribution is -2.47. The van der Waals surface area contributed by atoms with E-state index in [1.54, 1.807) is 6.07 Å². The first-order valence-electron chi connectivity index (χ1n) is 7.26. The Kier molecular flexibility index (Phi) is 3.64. The second-order valence-corrected chi connectivity index (χ2v) is 5.46. The van der Waals surface area contributed by atoms with Crippen LogP contribution >= 0.6 is 0 Å². The molecule has 1 N–H and O–H groups in total. The lowest BCUT2D eigenvalue weighted by atomic mass is 10.1. The molecule has 1 aliphatic rings. The van der Waals surface area contributed by atoms with Gasteiger partial charge in [-0.15, -0.1) is 0 Å². The van der Waals surface area contributed by atoms with E-state index >= 15 is 0 Å². The number of hydrogen-bond donors (Lipinski definition) is 1. The molecule has 1 aromatic carbocycles. The molecule has 0 bridgehead atoms. The Balaban J connectivity index is 1.73. The molecule has 1 aliphatic heterocycles. The number of rotatable bonds is 2. The average molecular weight is 284 g/mol. The van der Waals surface area contributed by atoms with Crippen molar-refractivity contribution in [1.82, 2.24) is 9.97 Å². The van der Waals surface area contributed by atoms with Gasteiger partial charge in [0.2, 0.25) is 0 Å². The molecule has 0 saturated carbocycles. The van der Waals surface area contributed by atoms with Gasteiger partial charge in [-0.2, -0.15) is 0 Å². The Bertz CT molecular complexity index is 687. The number of H-pyrrole nitrogens is 1. The van der Waals surface area contributed by atoms with Crippen LogP contribution in [0.25, 0.3) is 0 Å². The number of anilines is 2. The van der Waals surface area contributed by atoms with E-state index in [4.69, 9.17) is 0 Å². The van der Waals surface area contributed by atoms with E-state index in [0.29, 0.717) is 0 Å². The van der Waals surface area contributed by atoms with Gasteiger partial charge >= 0.3 is 0 Å². The third-order valence-corrected chi connectivity index (χ3v) is 4.18. The zero-order valence-corrected chi connectivity index (χ0v) is 12.5. The van der Waals surface area contributed by atoms with E-state index < -0.39 is 0 Å². The van der Waals surface area contributed by atoms with Crippen molar-refractivity contribution < 1.29 is 0 Å². The molecule has 2 aromatic rings. The van der Waals surface area contributed by atoms with E-state index in [1.807, 2.05) is 0 Å². The highest BCUT2D eigenvalue weighted by Gasteiger charge is 2.19. The molecule has 0 amide bonds. The second kappa shape index (κ2) is 5.60. The van der Waals surface area contributed by atoms with E-state index in [2.05, 4.69) is 51.8 Å². The van der Waals surface area contributed by atoms with Gasteiger partial charge in [-0.3, -0.25) is 4.79 Å². The van der Waals surface area contributed by atoms with Gasteiger partial charge in [0.25, 0.3) is 5.56 Å². The molecule has 1 fully saturated rings. The Morgan fingerprint density at radius 3 is 2.52 bits per heavy atom. The summed E-state index contributed by atoms with van der Waals surface area (Å²) in [6, 6.07) is 8.01. The van der Waals surface area contributed by atoms with Crippen LogP contribution < -0.4 is 15.4 Å². The molecular weight excluding hydrogens is 264 g/mol. The fraction of sp³-hybridized carbons (Fsp3) is 0.375. The fourth-order valence-electron chi connectivity index (χ4n) is 2.79. The number of benzene rings is 1. The topological polar surface area (TPSA) is 52.2 Å². The van der Waals surface area contributed by atoms with Crippen molar-refractivity contribution in [3.8, 4) is 0 Å². The Hall–Kier alpha value is -2.30. The fourth-order valence-corrected chi connectivity index (χ4v) is 2.79. The normalized spacial score (nSPS) is 15.3. The summed E-state index contributed by atoms with van der Waals surface area (Å²) in [4.78, 5) is 22.7. The Morgan fingerprint density at radius 1 is 1.10 bits per heavy atom. The van der Waals surface area contributed by atoms with Crippen LogP contribution in [-0.2, 0) is 0 Å². The van der Waals surface area contributed by atoms with E-state index in [1.165, 1.54) is 23.1 Å². The number of nitrogens with one attached hydrogen (secondary N) is 1. The lowest BCUT2D eigenvalue weighted by molar-refractivity contribution is 0.645. The predicted octanol–water partition coefficient (Wildman–Crippen LogP) is 1.71. The van der Waals surface area contributed by atoms with Crippen molar-refractivity contribution in [2.75, 3.05) is 36.0 Å². The molecule has 0 radical (unpaired) electrons. The van der Waals surface area contributed by atoms with E-state index in [9.17, 15) is 4.79 Å². The monoisotopic (exact) mass is 284 g/mol. The number of aryl methyl sites for hydroxylation is 1. The molecular formula is C16H20N4O. The minimum Gasteiger partial charge on any atom is -0.368 e. The van der Waals surface area contributed by atoms with Crippen LogP contribution in [0.15, 0.2) is 35.4 Å². The van der Waals surface area contributed by atoms with Gasteiger partial charge in [0.15, 0.2) is 0 Å². The summed E-state index contributed by atoms with van der Waals surface area (Å²) >= 11 is 0. The summed E-state index contributed by atoms with van der Waals surface area (Å²) in [7, 11) is 0. The molecule has 5 heteroatoms. The summed E-state index contributed by atoms with van der Waals surface area (Å²) < 4.78 is 0. The largest absolute Gasteiger partial charge is 0.368 e. The van der Waals surface area contributed by atoms with Crippen molar-refractivity contribution in [2.24, 2.45) is 0 Å². The molecule has 0 unspecified atom stereocenters. The van der Waals surface area contributed by atoms with Crippen molar-refractivity contribution >= 4 is 11.5 Å². The molecule has 5 nitrogen and oxygen atoms in total. The lowest BCUT2D eigenvalue weighted by Gasteiger charge is -2.37. The van der Waals surface area contributed by atoms with Gasteiger partial charge in [0, 0.05) is 37.9 Å². The second-order valence-electron chi connectivity index (χ2n) is 5.46. The first-order chi connectivity index (χ1) is 10.1. The zero-order chi connectivity index (χ0) is 14.8. The van der Waals surface area contributed by atoms with Crippen LogP contribution in [0.2, 0.25) is 0 Å². The van der Waals surface area contributed by atoms with Gasteiger partial charge in [-0.1, -0.05) is 12.1 Å². The van der Waals surface area contributed by atoms with Crippen LogP contribution in [0.3, 0.4) is 0 Å². The van der Waals surface area contributed by atoms with Gasteiger partial charge < -0.3 is 14.8 Å². The number of piperazine rings is 1. The van der Waals surface area contributed by atoms with Gasteiger partial charge in [-0.05, 0) is 31.0 Å². The average Bonchev–Trinajstić information content (AvgIpc) is 2.50. The standard InChI is InChI=1S/C16H20N4O/c1-12-4-3-5-14(13(12)2)19-6-8-20(9-7-19)15-10-16(21)18-11-17-15/h3-5,10-11H,6-9H2,1-2H3,(H,17,18,21). The highest BCUT2D eigenvalue weighted by molar-refractivity contribution is 5.57. The van der Waals surface area contributed by atoms with Crippen molar-refractivity contribution in [1.29, 1.82) is 0 Å². The van der Waals surface area contributed by atoms with E-state index in [-0.39, 0.29) is 5.56 Å². The van der Waals surface area contributed by atoms with Crippen LogP contribution in [-0.4, -0.2) is 36.1 Å². The zero-order valence-electron chi connectivity index (χ0n) is 12.5. The quantitative estimate of drug-likeness (QED) is 0.912.